The fourth-order valence-corrected chi connectivity index (χ4v) is 3.85. The SMILES string of the molecule is Nc1nc(N)c(C(CCc2ccc(CN[C@H](CCC(=O)[O-])C(=O)[O-])cc2)C2OCCO2)c(=O)[nH]1.[Na+].[Na+]. The smallest absolute Gasteiger partial charge is 0.550 e. The number of ether oxygens (including phenoxy) is 2. The van der Waals surface area contributed by atoms with E-state index in [0.717, 1.165) is 11.1 Å². The number of nitrogens with two attached hydrogens (primary N) is 2. The molecule has 0 amide bonds. The molecule has 14 heteroatoms. The van der Waals surface area contributed by atoms with Crippen LogP contribution in [0.15, 0.2) is 29.1 Å². The van der Waals surface area contributed by atoms with Crippen LogP contribution in [0.3, 0.4) is 0 Å². The van der Waals surface area contributed by atoms with Crippen LogP contribution >= 0.6 is 0 Å². The van der Waals surface area contributed by atoms with Crippen LogP contribution in [0, 0.1) is 0 Å². The third-order valence-corrected chi connectivity index (χ3v) is 5.59. The molecule has 0 spiro atoms. The molecule has 2 aromatic rings. The Morgan fingerprint density at radius 3 is 2.25 bits per heavy atom. The van der Waals surface area contributed by atoms with Gasteiger partial charge in [0.25, 0.3) is 5.56 Å². The minimum atomic E-state index is -1.37. The van der Waals surface area contributed by atoms with Crippen molar-refractivity contribution in [2.45, 2.75) is 50.5 Å². The maximum Gasteiger partial charge on any atom is 1.00 e. The van der Waals surface area contributed by atoms with Crippen molar-refractivity contribution in [2.75, 3.05) is 24.7 Å². The van der Waals surface area contributed by atoms with E-state index >= 15 is 0 Å². The Morgan fingerprint density at radius 2 is 1.69 bits per heavy atom. The quantitative estimate of drug-likeness (QED) is 0.194. The van der Waals surface area contributed by atoms with Gasteiger partial charge < -0.3 is 46.1 Å². The number of nitrogens with zero attached hydrogens (tertiary/aromatic N) is 1. The Kier molecular flexibility index (Phi) is 14.2. The van der Waals surface area contributed by atoms with E-state index in [1.165, 1.54) is 0 Å². The van der Waals surface area contributed by atoms with E-state index in [1.807, 2.05) is 24.3 Å². The number of nitrogen functional groups attached to an aromatic ring is 2. The number of carboxylic acids is 2. The summed E-state index contributed by atoms with van der Waals surface area (Å²) in [5, 5.41) is 24.5. The Balaban J connectivity index is 0.00000324. The van der Waals surface area contributed by atoms with Crippen LogP contribution < -0.4 is 91.7 Å². The van der Waals surface area contributed by atoms with Gasteiger partial charge in [0.15, 0.2) is 6.29 Å². The normalized spacial score (nSPS) is 14.9. The Labute approximate surface area is 252 Å². The summed E-state index contributed by atoms with van der Waals surface area (Å²) in [6, 6.07) is 6.33. The molecule has 1 aromatic heterocycles. The second-order valence-corrected chi connectivity index (χ2v) is 7.98. The van der Waals surface area contributed by atoms with Gasteiger partial charge in [-0.3, -0.25) is 9.78 Å². The van der Waals surface area contributed by atoms with Gasteiger partial charge in [-0.2, -0.15) is 4.98 Å². The molecule has 1 aliphatic heterocycles. The predicted octanol–water partition coefficient (Wildman–Crippen LogP) is -8.23. The molecule has 0 aliphatic carbocycles. The van der Waals surface area contributed by atoms with Crippen molar-refractivity contribution in [2.24, 2.45) is 0 Å². The number of aryl methyl sites for hydroxylation is 1. The molecule has 3 rings (SSSR count). The fraction of sp³-hybridized carbons (Fsp3) is 0.455. The van der Waals surface area contributed by atoms with Crippen LogP contribution in [-0.2, 0) is 32.0 Å². The molecular formula is C22H27N5Na2O7. The van der Waals surface area contributed by atoms with E-state index in [9.17, 15) is 24.6 Å². The minimum absolute atomic E-state index is 0. The first-order valence-corrected chi connectivity index (χ1v) is 10.8. The molecule has 2 heterocycles. The summed E-state index contributed by atoms with van der Waals surface area (Å²) >= 11 is 0. The summed E-state index contributed by atoms with van der Waals surface area (Å²) in [6.45, 7) is 1.05. The number of H-pyrrole nitrogens is 1. The number of aromatic amines is 1. The van der Waals surface area contributed by atoms with Gasteiger partial charge in [0.1, 0.15) is 5.82 Å². The average Bonchev–Trinajstić information content (AvgIpc) is 3.30. The number of hydrogen-bond donors (Lipinski definition) is 4. The molecule has 12 nitrogen and oxygen atoms in total. The van der Waals surface area contributed by atoms with Crippen LogP contribution in [0.2, 0.25) is 0 Å². The second kappa shape index (κ2) is 15.7. The Hall–Kier alpha value is -1.48. The predicted molar refractivity (Wildman–Crippen MR) is 117 cm³/mol. The zero-order valence-electron chi connectivity index (χ0n) is 20.5. The molecular weight excluding hydrogens is 492 g/mol. The Morgan fingerprint density at radius 1 is 1.08 bits per heavy atom. The number of aliphatic carboxylic acids is 2. The molecule has 0 saturated carbocycles. The number of aromatic nitrogens is 2. The van der Waals surface area contributed by atoms with Crippen LogP contribution in [-0.4, -0.2) is 47.5 Å². The number of anilines is 2. The standard InChI is InChI=1S/C22H29N5O7.2Na/c23-18-17(19(30)27-22(24)26-18)14(21-33-9-10-34-21)6-5-12-1-3-13(4-2-12)11-25-15(20(31)32)7-8-16(28)29;;/h1-4,14-15,21,25H,5-11H2,(H,28,29)(H,31,32)(H5,23,24,26,27,30);;/q;2*+1/p-2/t14?,15-;;/m1../s1. The van der Waals surface area contributed by atoms with E-state index in [-0.39, 0.29) is 95.8 Å². The van der Waals surface area contributed by atoms with Crippen molar-refractivity contribution in [3.63, 3.8) is 0 Å². The van der Waals surface area contributed by atoms with Gasteiger partial charge in [0.05, 0.1) is 24.7 Å². The monoisotopic (exact) mass is 519 g/mol. The van der Waals surface area contributed by atoms with Crippen LogP contribution in [0.1, 0.15) is 41.9 Å². The molecule has 0 radical (unpaired) electrons. The van der Waals surface area contributed by atoms with Crippen molar-refractivity contribution in [3.05, 3.63) is 51.3 Å². The molecule has 1 saturated heterocycles. The number of carbonyl (C=O) groups excluding carboxylic acids is 2. The van der Waals surface area contributed by atoms with Gasteiger partial charge in [0.2, 0.25) is 5.95 Å². The largest absolute Gasteiger partial charge is 1.00 e. The topological polar surface area (TPSA) is 209 Å². The molecule has 1 fully saturated rings. The van der Waals surface area contributed by atoms with Crippen LogP contribution in [0.5, 0.6) is 0 Å². The summed E-state index contributed by atoms with van der Waals surface area (Å²) in [5.41, 5.74) is 13.2. The number of hydrogen-bond acceptors (Lipinski definition) is 11. The van der Waals surface area contributed by atoms with Gasteiger partial charge in [-0.15, -0.1) is 0 Å². The molecule has 36 heavy (non-hydrogen) atoms. The summed E-state index contributed by atoms with van der Waals surface area (Å²) in [4.78, 5) is 40.7. The van der Waals surface area contributed by atoms with Crippen LogP contribution in [0.25, 0.3) is 0 Å². The van der Waals surface area contributed by atoms with E-state index in [0.29, 0.717) is 26.1 Å². The number of benzene rings is 1. The van der Waals surface area contributed by atoms with Gasteiger partial charge >= 0.3 is 59.1 Å². The Bertz CT molecular complexity index is 1060. The van der Waals surface area contributed by atoms with Crippen molar-refractivity contribution in [3.8, 4) is 0 Å². The maximum absolute atomic E-state index is 12.5. The van der Waals surface area contributed by atoms with Crippen LogP contribution in [0.4, 0.5) is 11.8 Å². The first-order chi connectivity index (χ1) is 16.2. The van der Waals surface area contributed by atoms with Gasteiger partial charge in [-0.1, -0.05) is 24.3 Å². The molecule has 2 atom stereocenters. The van der Waals surface area contributed by atoms with E-state index < -0.39 is 35.7 Å². The molecule has 0 bridgehead atoms. The van der Waals surface area contributed by atoms with Crippen molar-refractivity contribution < 1.29 is 88.4 Å². The van der Waals surface area contributed by atoms with Crippen molar-refractivity contribution in [1.29, 1.82) is 0 Å². The maximum atomic E-state index is 12.5. The summed E-state index contributed by atoms with van der Waals surface area (Å²) < 4.78 is 11.3. The molecule has 6 N–H and O–H groups in total. The first-order valence-electron chi connectivity index (χ1n) is 10.8. The van der Waals surface area contributed by atoms with Gasteiger partial charge in [-0.05, 0) is 36.8 Å². The van der Waals surface area contributed by atoms with E-state index in [1.54, 1.807) is 0 Å². The number of rotatable bonds is 12. The number of carboxylic acid groups (broad SMARTS) is 2. The second-order valence-electron chi connectivity index (χ2n) is 7.98. The third kappa shape index (κ3) is 9.43. The third-order valence-electron chi connectivity index (χ3n) is 5.59. The summed E-state index contributed by atoms with van der Waals surface area (Å²) in [6.07, 6.45) is -0.0517. The average molecular weight is 519 g/mol. The zero-order chi connectivity index (χ0) is 24.7. The van der Waals surface area contributed by atoms with Gasteiger partial charge in [0, 0.05) is 24.5 Å². The summed E-state index contributed by atoms with van der Waals surface area (Å²) in [5.74, 6) is -3.17. The summed E-state index contributed by atoms with van der Waals surface area (Å²) in [7, 11) is 0. The van der Waals surface area contributed by atoms with Gasteiger partial charge in [-0.25, -0.2) is 0 Å². The zero-order valence-corrected chi connectivity index (χ0v) is 24.5. The number of nitrogens with one attached hydrogen (secondary N) is 2. The van der Waals surface area contributed by atoms with E-state index in [4.69, 9.17) is 20.9 Å². The minimum Gasteiger partial charge on any atom is -0.550 e. The molecule has 1 aliphatic rings. The first kappa shape index (κ1) is 32.5. The number of carbonyl (C=O) groups is 2. The fourth-order valence-electron chi connectivity index (χ4n) is 3.85. The molecule has 1 unspecified atom stereocenters. The molecule has 1 aromatic carbocycles. The van der Waals surface area contributed by atoms with Crippen molar-refractivity contribution >= 4 is 23.7 Å². The van der Waals surface area contributed by atoms with E-state index in [2.05, 4.69) is 15.3 Å². The van der Waals surface area contributed by atoms with Crippen molar-refractivity contribution in [1.82, 2.24) is 15.3 Å². The molecule has 184 valence electrons.